The van der Waals surface area contributed by atoms with Gasteiger partial charge in [-0.05, 0) is 38.8 Å². The summed E-state index contributed by atoms with van der Waals surface area (Å²) >= 11 is 6.11. The van der Waals surface area contributed by atoms with Gasteiger partial charge in [-0.3, -0.25) is 0 Å². The molecule has 7 heteroatoms. The molecule has 1 fully saturated rings. The first-order valence-corrected chi connectivity index (χ1v) is 8.18. The Bertz CT molecular complexity index is 477. The number of aliphatic hydroxyl groups excluding tert-OH is 1. The van der Waals surface area contributed by atoms with Crippen molar-refractivity contribution in [3.63, 3.8) is 0 Å². The Morgan fingerprint density at radius 2 is 2.14 bits per heavy atom. The number of aromatic nitrogens is 2. The number of nitrogens with one attached hydrogen (secondary N) is 1. The van der Waals surface area contributed by atoms with E-state index in [1.54, 1.807) is 0 Å². The fourth-order valence-corrected chi connectivity index (χ4v) is 3.28. The van der Waals surface area contributed by atoms with Crippen molar-refractivity contribution in [2.24, 2.45) is 5.92 Å². The number of piperidine rings is 1. The maximum absolute atomic E-state index is 9.46. The molecule has 1 aliphatic heterocycles. The SMILES string of the molecule is CNc1c(Cl)ncnc1N(C)CC1CCN(CC(C)O)CC1. The van der Waals surface area contributed by atoms with Gasteiger partial charge in [0.25, 0.3) is 0 Å². The summed E-state index contributed by atoms with van der Waals surface area (Å²) in [6, 6.07) is 0. The van der Waals surface area contributed by atoms with Crippen molar-refractivity contribution in [2.75, 3.05) is 50.5 Å². The molecule has 1 aliphatic rings. The zero-order valence-corrected chi connectivity index (χ0v) is 14.3. The number of β-amino-alcohol motifs (C(OH)–C–C–N with tert-alkyl or cyclic N) is 1. The highest BCUT2D eigenvalue weighted by molar-refractivity contribution is 6.32. The normalized spacial score (nSPS) is 18.2. The van der Waals surface area contributed by atoms with E-state index in [0.717, 1.165) is 50.5 Å². The highest BCUT2D eigenvalue weighted by atomic mass is 35.5. The second kappa shape index (κ2) is 7.94. The average molecular weight is 328 g/mol. The molecule has 0 radical (unpaired) electrons. The summed E-state index contributed by atoms with van der Waals surface area (Å²) in [4.78, 5) is 12.8. The van der Waals surface area contributed by atoms with E-state index >= 15 is 0 Å². The van der Waals surface area contributed by atoms with Gasteiger partial charge in [-0.1, -0.05) is 11.6 Å². The number of nitrogens with zero attached hydrogens (tertiary/aromatic N) is 4. The molecule has 0 saturated carbocycles. The standard InChI is InChI=1S/C15H26ClN5O/c1-11(22)8-21-6-4-12(5-7-21)9-20(3)15-13(17-2)14(16)18-10-19-15/h10-12,17,22H,4-9H2,1-3H3. The molecule has 124 valence electrons. The first-order chi connectivity index (χ1) is 10.5. The van der Waals surface area contributed by atoms with Crippen molar-refractivity contribution >= 4 is 23.1 Å². The summed E-state index contributed by atoms with van der Waals surface area (Å²) in [7, 11) is 3.87. The van der Waals surface area contributed by atoms with Crippen molar-refractivity contribution in [3.8, 4) is 0 Å². The van der Waals surface area contributed by atoms with E-state index in [-0.39, 0.29) is 6.10 Å². The van der Waals surface area contributed by atoms with Crippen molar-refractivity contribution < 1.29 is 5.11 Å². The van der Waals surface area contributed by atoms with Crippen LogP contribution in [0.25, 0.3) is 0 Å². The molecular weight excluding hydrogens is 302 g/mol. The second-order valence-electron chi connectivity index (χ2n) is 6.09. The number of hydrogen-bond acceptors (Lipinski definition) is 6. The Morgan fingerprint density at radius 1 is 1.45 bits per heavy atom. The second-order valence-corrected chi connectivity index (χ2v) is 6.44. The van der Waals surface area contributed by atoms with Crippen LogP contribution in [0.1, 0.15) is 19.8 Å². The Balaban J connectivity index is 1.91. The van der Waals surface area contributed by atoms with Crippen LogP contribution in [-0.4, -0.2) is 66.4 Å². The number of aliphatic hydroxyl groups is 1. The molecule has 22 heavy (non-hydrogen) atoms. The van der Waals surface area contributed by atoms with E-state index in [9.17, 15) is 5.11 Å². The third-order valence-corrected chi connectivity index (χ3v) is 4.44. The lowest BCUT2D eigenvalue weighted by atomic mass is 9.96. The van der Waals surface area contributed by atoms with Crippen molar-refractivity contribution in [1.29, 1.82) is 0 Å². The van der Waals surface area contributed by atoms with Crippen LogP contribution in [0.4, 0.5) is 11.5 Å². The molecule has 1 aromatic rings. The Kier molecular flexibility index (Phi) is 6.23. The van der Waals surface area contributed by atoms with E-state index in [1.807, 2.05) is 21.0 Å². The van der Waals surface area contributed by atoms with Gasteiger partial charge in [0, 0.05) is 27.2 Å². The van der Waals surface area contributed by atoms with Crippen LogP contribution in [-0.2, 0) is 0 Å². The van der Waals surface area contributed by atoms with Gasteiger partial charge in [0.1, 0.15) is 12.0 Å². The Hall–Kier alpha value is -1.11. The lowest BCUT2D eigenvalue weighted by molar-refractivity contribution is 0.101. The summed E-state index contributed by atoms with van der Waals surface area (Å²) in [6.45, 7) is 5.66. The Labute approximate surface area is 137 Å². The minimum absolute atomic E-state index is 0.249. The highest BCUT2D eigenvalue weighted by Crippen LogP contribution is 2.29. The third kappa shape index (κ3) is 4.44. The molecule has 0 aliphatic carbocycles. The monoisotopic (exact) mass is 327 g/mol. The zero-order chi connectivity index (χ0) is 16.1. The molecule has 1 unspecified atom stereocenters. The van der Waals surface area contributed by atoms with Gasteiger partial charge in [-0.15, -0.1) is 0 Å². The number of halogens is 1. The molecule has 1 saturated heterocycles. The van der Waals surface area contributed by atoms with Gasteiger partial charge in [0.05, 0.1) is 6.10 Å². The first-order valence-electron chi connectivity index (χ1n) is 7.81. The predicted octanol–water partition coefficient (Wildman–Crippen LogP) is 1.70. The fraction of sp³-hybridized carbons (Fsp3) is 0.733. The molecule has 2 heterocycles. The molecule has 2 N–H and O–H groups in total. The van der Waals surface area contributed by atoms with E-state index in [1.165, 1.54) is 6.33 Å². The van der Waals surface area contributed by atoms with Gasteiger partial charge in [0.15, 0.2) is 11.0 Å². The molecule has 0 spiro atoms. The highest BCUT2D eigenvalue weighted by Gasteiger charge is 2.22. The molecule has 0 amide bonds. The molecule has 1 atom stereocenters. The summed E-state index contributed by atoms with van der Waals surface area (Å²) in [5, 5.41) is 13.0. The van der Waals surface area contributed by atoms with Crippen LogP contribution in [0.2, 0.25) is 5.15 Å². The maximum atomic E-state index is 9.46. The lowest BCUT2D eigenvalue weighted by Gasteiger charge is -2.34. The first kappa shape index (κ1) is 17.2. The molecule has 6 nitrogen and oxygen atoms in total. The van der Waals surface area contributed by atoms with Crippen LogP contribution in [0.3, 0.4) is 0 Å². The summed E-state index contributed by atoms with van der Waals surface area (Å²) in [5.41, 5.74) is 0.776. The van der Waals surface area contributed by atoms with E-state index in [0.29, 0.717) is 11.1 Å². The van der Waals surface area contributed by atoms with Crippen LogP contribution in [0.15, 0.2) is 6.33 Å². The molecular formula is C15H26ClN5O. The van der Waals surface area contributed by atoms with Crippen LogP contribution >= 0.6 is 11.6 Å². The Morgan fingerprint density at radius 3 is 2.73 bits per heavy atom. The number of anilines is 2. The van der Waals surface area contributed by atoms with E-state index < -0.39 is 0 Å². The van der Waals surface area contributed by atoms with Crippen LogP contribution in [0, 0.1) is 5.92 Å². The maximum Gasteiger partial charge on any atom is 0.157 e. The minimum Gasteiger partial charge on any atom is -0.392 e. The summed E-state index contributed by atoms with van der Waals surface area (Å²) < 4.78 is 0. The van der Waals surface area contributed by atoms with E-state index in [4.69, 9.17) is 11.6 Å². The lowest BCUT2D eigenvalue weighted by Crippen LogP contribution is -2.40. The van der Waals surface area contributed by atoms with Gasteiger partial charge in [0.2, 0.25) is 0 Å². The summed E-state index contributed by atoms with van der Waals surface area (Å²) in [6.07, 6.45) is 3.54. The number of rotatable bonds is 6. The minimum atomic E-state index is -0.249. The quantitative estimate of drug-likeness (QED) is 0.775. The molecule has 2 rings (SSSR count). The van der Waals surface area contributed by atoms with Gasteiger partial charge in [-0.2, -0.15) is 0 Å². The van der Waals surface area contributed by atoms with Crippen molar-refractivity contribution in [2.45, 2.75) is 25.9 Å². The van der Waals surface area contributed by atoms with Gasteiger partial charge >= 0.3 is 0 Å². The smallest absolute Gasteiger partial charge is 0.157 e. The van der Waals surface area contributed by atoms with Crippen molar-refractivity contribution in [1.82, 2.24) is 14.9 Å². The third-order valence-electron chi connectivity index (χ3n) is 4.15. The number of hydrogen-bond donors (Lipinski definition) is 2. The topological polar surface area (TPSA) is 64.5 Å². The largest absolute Gasteiger partial charge is 0.392 e. The van der Waals surface area contributed by atoms with Crippen LogP contribution < -0.4 is 10.2 Å². The predicted molar refractivity (Wildman–Crippen MR) is 90.7 cm³/mol. The fourth-order valence-electron chi connectivity index (χ4n) is 3.06. The number of likely N-dealkylation sites (tertiary alicyclic amines) is 1. The average Bonchev–Trinajstić information content (AvgIpc) is 2.48. The van der Waals surface area contributed by atoms with Gasteiger partial charge < -0.3 is 20.2 Å². The molecule has 0 aromatic carbocycles. The van der Waals surface area contributed by atoms with E-state index in [2.05, 4.69) is 25.1 Å². The van der Waals surface area contributed by atoms with Crippen LogP contribution in [0.5, 0.6) is 0 Å². The molecule has 1 aromatic heterocycles. The van der Waals surface area contributed by atoms with Crippen molar-refractivity contribution in [3.05, 3.63) is 11.5 Å². The summed E-state index contributed by atoms with van der Waals surface area (Å²) in [5.74, 6) is 1.47. The zero-order valence-electron chi connectivity index (χ0n) is 13.6. The van der Waals surface area contributed by atoms with Gasteiger partial charge in [-0.25, -0.2) is 9.97 Å². The molecule has 0 bridgehead atoms.